The van der Waals surface area contributed by atoms with Gasteiger partial charge < -0.3 is 10.6 Å². The fraction of sp³-hybridized carbons (Fsp3) is 0.333. The summed E-state index contributed by atoms with van der Waals surface area (Å²) in [5.41, 5.74) is 1.33. The van der Waals surface area contributed by atoms with Gasteiger partial charge in [0.15, 0.2) is 5.96 Å². The molecule has 0 saturated heterocycles. The Morgan fingerprint density at radius 1 is 1.26 bits per heavy atom. The van der Waals surface area contributed by atoms with E-state index < -0.39 is 11.7 Å². The molecule has 9 heteroatoms. The van der Waals surface area contributed by atoms with Crippen molar-refractivity contribution < 1.29 is 13.2 Å². The highest BCUT2D eigenvalue weighted by atomic mass is 127. The van der Waals surface area contributed by atoms with E-state index >= 15 is 0 Å². The van der Waals surface area contributed by atoms with E-state index in [0.29, 0.717) is 18.2 Å². The monoisotopic (exact) mass is 493 g/mol. The molecule has 2 aromatic rings. The molecule has 2 rings (SSSR count). The summed E-state index contributed by atoms with van der Waals surface area (Å²) in [7, 11) is 1.55. The Balaban J connectivity index is 0.00000364. The quantitative estimate of drug-likeness (QED) is 0.287. The lowest BCUT2D eigenvalue weighted by Crippen LogP contribution is -2.37. The first kappa shape index (κ1) is 23.0. The first-order valence-corrected chi connectivity index (χ1v) is 8.05. The summed E-state index contributed by atoms with van der Waals surface area (Å²) in [5.74, 6) is 0.403. The summed E-state index contributed by atoms with van der Waals surface area (Å²) < 4.78 is 42.1. The Kier molecular flexibility index (Phi) is 8.32. The second-order valence-electron chi connectivity index (χ2n) is 5.77. The highest BCUT2D eigenvalue weighted by Crippen LogP contribution is 2.33. The largest absolute Gasteiger partial charge is 0.416 e. The van der Waals surface area contributed by atoms with Gasteiger partial charge in [-0.2, -0.15) is 18.3 Å². The van der Waals surface area contributed by atoms with Crippen molar-refractivity contribution in [3.8, 4) is 5.69 Å². The van der Waals surface area contributed by atoms with Gasteiger partial charge in [-0.1, -0.05) is 12.1 Å². The van der Waals surface area contributed by atoms with Crippen LogP contribution in [0.3, 0.4) is 0 Å². The highest BCUT2D eigenvalue weighted by molar-refractivity contribution is 14.0. The zero-order valence-corrected chi connectivity index (χ0v) is 17.7. The molecule has 2 N–H and O–H groups in total. The molecule has 0 spiro atoms. The van der Waals surface area contributed by atoms with Crippen molar-refractivity contribution in [2.24, 2.45) is 4.99 Å². The maximum atomic E-state index is 13.5. The Morgan fingerprint density at radius 3 is 2.48 bits per heavy atom. The minimum atomic E-state index is -4.47. The zero-order valence-electron chi connectivity index (χ0n) is 15.4. The molecule has 5 nitrogen and oxygen atoms in total. The molecule has 1 aromatic carbocycles. The third-order valence-corrected chi connectivity index (χ3v) is 3.74. The van der Waals surface area contributed by atoms with Gasteiger partial charge in [-0.25, -0.2) is 4.68 Å². The Morgan fingerprint density at radius 2 is 1.96 bits per heavy atom. The van der Waals surface area contributed by atoms with E-state index in [4.69, 9.17) is 0 Å². The van der Waals surface area contributed by atoms with Crippen LogP contribution in [0, 0.1) is 13.8 Å². The molecule has 0 amide bonds. The van der Waals surface area contributed by atoms with Crippen LogP contribution in [0.25, 0.3) is 5.69 Å². The van der Waals surface area contributed by atoms with E-state index in [1.54, 1.807) is 33.0 Å². The zero-order chi connectivity index (χ0) is 19.3. The number of halogens is 4. The van der Waals surface area contributed by atoms with Gasteiger partial charge in [0.05, 0.1) is 16.9 Å². The van der Waals surface area contributed by atoms with E-state index in [-0.39, 0.29) is 36.1 Å². The first-order valence-electron chi connectivity index (χ1n) is 8.05. The number of alkyl halides is 3. The molecule has 0 unspecified atom stereocenters. The molecule has 0 radical (unpaired) electrons. The Bertz CT molecular complexity index is 812. The number of aromatic nitrogens is 2. The van der Waals surface area contributed by atoms with Gasteiger partial charge >= 0.3 is 6.18 Å². The molecule has 0 aliphatic heterocycles. The Hall–Kier alpha value is -2.04. The maximum absolute atomic E-state index is 13.5. The predicted octanol–water partition coefficient (Wildman–Crippen LogP) is 3.98. The molecule has 1 heterocycles. The van der Waals surface area contributed by atoms with Crippen molar-refractivity contribution in [3.05, 3.63) is 59.4 Å². The van der Waals surface area contributed by atoms with Crippen LogP contribution in [0.15, 0.2) is 41.9 Å². The fourth-order valence-electron chi connectivity index (χ4n) is 2.57. The van der Waals surface area contributed by atoms with Crippen LogP contribution >= 0.6 is 24.0 Å². The molecule has 0 aliphatic rings. The number of guanidine groups is 1. The van der Waals surface area contributed by atoms with Gasteiger partial charge in [-0.3, -0.25) is 4.99 Å². The number of aryl methyl sites for hydroxylation is 2. The summed E-state index contributed by atoms with van der Waals surface area (Å²) in [6.07, 6.45) is -2.83. The normalized spacial score (nSPS) is 11.7. The lowest BCUT2D eigenvalue weighted by molar-refractivity contribution is -0.138. The lowest BCUT2D eigenvalue weighted by atomic mass is 10.1. The molecule has 148 valence electrons. The second-order valence-corrected chi connectivity index (χ2v) is 5.77. The van der Waals surface area contributed by atoms with Crippen molar-refractivity contribution in [2.45, 2.75) is 26.6 Å². The minimum Gasteiger partial charge on any atom is -0.353 e. The van der Waals surface area contributed by atoms with Crippen LogP contribution in [0.1, 0.15) is 22.5 Å². The van der Waals surface area contributed by atoms with Crippen LogP contribution in [0.4, 0.5) is 13.2 Å². The van der Waals surface area contributed by atoms with E-state index in [1.807, 2.05) is 6.07 Å². The molecule has 0 saturated carbocycles. The maximum Gasteiger partial charge on any atom is 0.416 e. The molecular weight excluding hydrogens is 470 g/mol. The summed E-state index contributed by atoms with van der Waals surface area (Å²) >= 11 is 0. The molecule has 27 heavy (non-hydrogen) atoms. The number of nitrogens with one attached hydrogen (secondary N) is 2. The van der Waals surface area contributed by atoms with Gasteiger partial charge in [0.25, 0.3) is 0 Å². The van der Waals surface area contributed by atoms with Crippen molar-refractivity contribution in [1.82, 2.24) is 20.4 Å². The number of hydrogen-bond donors (Lipinski definition) is 2. The third kappa shape index (κ3) is 5.98. The molecule has 0 aliphatic carbocycles. The summed E-state index contributed by atoms with van der Waals surface area (Å²) in [5, 5.41) is 10.0. The van der Waals surface area contributed by atoms with E-state index in [2.05, 4.69) is 27.3 Å². The number of nitrogens with zero attached hydrogens (tertiary/aromatic N) is 3. The topological polar surface area (TPSA) is 54.2 Å². The fourth-order valence-corrected chi connectivity index (χ4v) is 2.57. The smallest absolute Gasteiger partial charge is 0.353 e. The van der Waals surface area contributed by atoms with Gasteiger partial charge in [0, 0.05) is 25.8 Å². The van der Waals surface area contributed by atoms with Gasteiger partial charge in [-0.05, 0) is 37.6 Å². The Labute approximate surface area is 173 Å². The standard InChI is InChI=1S/C18H22F3N5.HI/c1-5-8-23-17(22-4)24-11-14-6-7-15(10-16(14)18(19,20)21)26-13(3)9-12(2)25-26;/h5-7,9-10H,1,8,11H2,2-4H3,(H2,22,23,24);1H. The van der Waals surface area contributed by atoms with Crippen molar-refractivity contribution in [1.29, 1.82) is 0 Å². The summed E-state index contributed by atoms with van der Waals surface area (Å²) in [4.78, 5) is 3.96. The van der Waals surface area contributed by atoms with E-state index in [1.165, 1.54) is 10.7 Å². The van der Waals surface area contributed by atoms with Crippen LogP contribution in [0.2, 0.25) is 0 Å². The molecule has 0 fully saturated rings. The predicted molar refractivity (Wildman–Crippen MR) is 112 cm³/mol. The van der Waals surface area contributed by atoms with Crippen LogP contribution < -0.4 is 10.6 Å². The molecule has 0 bridgehead atoms. The third-order valence-electron chi connectivity index (χ3n) is 3.74. The van der Waals surface area contributed by atoms with E-state index in [9.17, 15) is 13.2 Å². The molecule has 1 aromatic heterocycles. The summed E-state index contributed by atoms with van der Waals surface area (Å²) in [6, 6.07) is 6.03. The first-order chi connectivity index (χ1) is 12.3. The molecular formula is C18H23F3IN5. The van der Waals surface area contributed by atoms with Crippen LogP contribution in [-0.4, -0.2) is 29.3 Å². The van der Waals surface area contributed by atoms with Gasteiger partial charge in [0.2, 0.25) is 0 Å². The van der Waals surface area contributed by atoms with Crippen molar-refractivity contribution in [3.63, 3.8) is 0 Å². The van der Waals surface area contributed by atoms with Crippen molar-refractivity contribution in [2.75, 3.05) is 13.6 Å². The highest BCUT2D eigenvalue weighted by Gasteiger charge is 2.33. The van der Waals surface area contributed by atoms with Crippen molar-refractivity contribution >= 4 is 29.9 Å². The minimum absolute atomic E-state index is 0. The van der Waals surface area contributed by atoms with Crippen LogP contribution in [0.5, 0.6) is 0 Å². The van der Waals surface area contributed by atoms with Gasteiger partial charge in [-0.15, -0.1) is 30.6 Å². The number of benzene rings is 1. The number of hydrogen-bond acceptors (Lipinski definition) is 2. The van der Waals surface area contributed by atoms with E-state index in [0.717, 1.165) is 17.5 Å². The summed E-state index contributed by atoms with van der Waals surface area (Å²) in [6.45, 7) is 7.63. The second kappa shape index (κ2) is 9.77. The average Bonchev–Trinajstić information content (AvgIpc) is 2.92. The number of rotatable bonds is 5. The SMILES string of the molecule is C=CCNC(=NC)NCc1ccc(-n2nc(C)cc2C)cc1C(F)(F)F.I. The number of aliphatic imine (C=N–C) groups is 1. The molecule has 0 atom stereocenters. The van der Waals surface area contributed by atoms with Gasteiger partial charge in [0.1, 0.15) is 0 Å². The average molecular weight is 493 g/mol. The van der Waals surface area contributed by atoms with Crippen LogP contribution in [-0.2, 0) is 12.7 Å². The lowest BCUT2D eigenvalue weighted by Gasteiger charge is -2.17.